The predicted octanol–water partition coefficient (Wildman–Crippen LogP) is 1.76. The van der Waals surface area contributed by atoms with E-state index in [0.29, 0.717) is 0 Å². The van der Waals surface area contributed by atoms with Crippen molar-refractivity contribution in [2.75, 3.05) is 6.61 Å². The van der Waals surface area contributed by atoms with Crippen LogP contribution in [0, 0.1) is 0 Å². The zero-order chi connectivity index (χ0) is 12.7. The number of carbonyl (C=O) groups excluding carboxylic acids is 1. The Balaban J connectivity index is 2.54. The van der Waals surface area contributed by atoms with Crippen LogP contribution in [-0.4, -0.2) is 23.7 Å². The molecule has 1 unspecified atom stereocenters. The van der Waals surface area contributed by atoms with Gasteiger partial charge in [0, 0.05) is 12.1 Å². The Morgan fingerprint density at radius 2 is 2.06 bits per heavy atom. The number of carbonyl (C=O) groups is 1. The van der Waals surface area contributed by atoms with Gasteiger partial charge in [-0.2, -0.15) is 0 Å². The molecule has 0 aliphatic heterocycles. The van der Waals surface area contributed by atoms with Gasteiger partial charge in [-0.15, -0.1) is 0 Å². The molecule has 0 fully saturated rings. The summed E-state index contributed by atoms with van der Waals surface area (Å²) in [7, 11) is 0. The minimum Gasteiger partial charge on any atom is -0.394 e. The van der Waals surface area contributed by atoms with Crippen molar-refractivity contribution in [3.8, 4) is 0 Å². The zero-order valence-corrected chi connectivity index (χ0v) is 10.3. The molecule has 17 heavy (non-hydrogen) atoms. The Kier molecular flexibility index (Phi) is 5.43. The monoisotopic (exact) mass is 233 g/mol. The molecular formula is C14H19NO2. The van der Waals surface area contributed by atoms with Gasteiger partial charge in [0.2, 0.25) is 5.91 Å². The van der Waals surface area contributed by atoms with Crippen molar-refractivity contribution in [3.63, 3.8) is 0 Å². The first kappa shape index (κ1) is 13.5. The largest absolute Gasteiger partial charge is 0.394 e. The highest BCUT2D eigenvalue weighted by atomic mass is 16.3. The van der Waals surface area contributed by atoms with Crippen LogP contribution in [0.2, 0.25) is 0 Å². The van der Waals surface area contributed by atoms with Crippen LogP contribution in [0.3, 0.4) is 0 Å². The molecule has 1 amide bonds. The first-order valence-electron chi connectivity index (χ1n) is 5.84. The third kappa shape index (κ3) is 4.83. The minimum absolute atomic E-state index is 0.0508. The van der Waals surface area contributed by atoms with E-state index in [0.717, 1.165) is 12.0 Å². The van der Waals surface area contributed by atoms with E-state index < -0.39 is 0 Å². The van der Waals surface area contributed by atoms with Crippen LogP contribution < -0.4 is 5.32 Å². The molecule has 1 aromatic rings. The average molecular weight is 233 g/mol. The van der Waals surface area contributed by atoms with Crippen molar-refractivity contribution >= 4 is 12.0 Å². The number of aryl methyl sites for hydroxylation is 1. The quantitative estimate of drug-likeness (QED) is 0.761. The molecule has 0 radical (unpaired) electrons. The van der Waals surface area contributed by atoms with E-state index in [1.807, 2.05) is 24.3 Å². The highest BCUT2D eigenvalue weighted by Gasteiger charge is 2.01. The van der Waals surface area contributed by atoms with Crippen molar-refractivity contribution in [1.29, 1.82) is 0 Å². The summed E-state index contributed by atoms with van der Waals surface area (Å²) >= 11 is 0. The van der Waals surface area contributed by atoms with E-state index in [1.54, 1.807) is 13.0 Å². The Morgan fingerprint density at radius 3 is 2.59 bits per heavy atom. The summed E-state index contributed by atoms with van der Waals surface area (Å²) < 4.78 is 0. The van der Waals surface area contributed by atoms with Crippen molar-refractivity contribution in [2.24, 2.45) is 0 Å². The Bertz CT molecular complexity index is 382. The van der Waals surface area contributed by atoms with Gasteiger partial charge >= 0.3 is 0 Å². The number of nitrogens with one attached hydrogen (secondary N) is 1. The lowest BCUT2D eigenvalue weighted by atomic mass is 10.1. The first-order valence-corrected chi connectivity index (χ1v) is 5.84. The van der Waals surface area contributed by atoms with E-state index in [9.17, 15) is 4.79 Å². The molecule has 0 aliphatic rings. The summed E-state index contributed by atoms with van der Waals surface area (Å²) in [6.07, 6.45) is 4.25. The van der Waals surface area contributed by atoms with Crippen molar-refractivity contribution in [1.82, 2.24) is 5.32 Å². The average Bonchev–Trinajstić information content (AvgIpc) is 2.36. The molecule has 1 atom stereocenters. The van der Waals surface area contributed by atoms with Crippen LogP contribution in [0.25, 0.3) is 6.08 Å². The first-order chi connectivity index (χ1) is 8.15. The van der Waals surface area contributed by atoms with Crippen LogP contribution in [-0.2, 0) is 11.2 Å². The number of hydrogen-bond donors (Lipinski definition) is 2. The number of benzene rings is 1. The normalized spacial score (nSPS) is 12.6. The zero-order valence-electron chi connectivity index (χ0n) is 10.3. The summed E-state index contributed by atoms with van der Waals surface area (Å²) in [4.78, 5) is 11.4. The molecular weight excluding hydrogens is 214 g/mol. The van der Waals surface area contributed by atoms with Crippen LogP contribution in [0.4, 0.5) is 0 Å². The van der Waals surface area contributed by atoms with Gasteiger partial charge in [-0.25, -0.2) is 0 Å². The maximum Gasteiger partial charge on any atom is 0.244 e. The number of aliphatic hydroxyl groups is 1. The van der Waals surface area contributed by atoms with Crippen molar-refractivity contribution in [2.45, 2.75) is 26.3 Å². The van der Waals surface area contributed by atoms with Gasteiger partial charge in [0.05, 0.1) is 6.61 Å². The van der Waals surface area contributed by atoms with Gasteiger partial charge in [-0.05, 0) is 30.5 Å². The van der Waals surface area contributed by atoms with E-state index in [4.69, 9.17) is 5.11 Å². The molecule has 0 spiro atoms. The standard InChI is InChI=1S/C14H19NO2/c1-3-12-4-6-13(7-5-12)8-9-14(17)15-11(2)10-16/h4-9,11,16H,3,10H2,1-2H3,(H,15,17)/b9-8+. The van der Waals surface area contributed by atoms with Crippen LogP contribution in [0.1, 0.15) is 25.0 Å². The summed E-state index contributed by atoms with van der Waals surface area (Å²) in [6, 6.07) is 7.85. The topological polar surface area (TPSA) is 49.3 Å². The molecule has 0 aliphatic carbocycles. The van der Waals surface area contributed by atoms with Crippen LogP contribution >= 0.6 is 0 Å². The van der Waals surface area contributed by atoms with Crippen LogP contribution in [0.5, 0.6) is 0 Å². The summed E-state index contributed by atoms with van der Waals surface area (Å²) in [6.45, 7) is 3.81. The lowest BCUT2D eigenvalue weighted by Crippen LogP contribution is -2.33. The molecule has 0 saturated carbocycles. The van der Waals surface area contributed by atoms with Crippen molar-refractivity contribution in [3.05, 3.63) is 41.5 Å². The number of amides is 1. The van der Waals surface area contributed by atoms with Gasteiger partial charge < -0.3 is 10.4 Å². The second-order valence-electron chi connectivity index (χ2n) is 4.02. The highest BCUT2D eigenvalue weighted by Crippen LogP contribution is 2.06. The van der Waals surface area contributed by atoms with E-state index in [1.165, 1.54) is 11.6 Å². The third-order valence-corrected chi connectivity index (χ3v) is 2.48. The SMILES string of the molecule is CCc1ccc(/C=C/C(=O)NC(C)CO)cc1. The lowest BCUT2D eigenvalue weighted by molar-refractivity contribution is -0.117. The molecule has 1 rings (SSSR count). The van der Waals surface area contributed by atoms with Gasteiger partial charge in [-0.1, -0.05) is 31.2 Å². The third-order valence-electron chi connectivity index (χ3n) is 2.48. The van der Waals surface area contributed by atoms with E-state index in [2.05, 4.69) is 12.2 Å². The molecule has 3 heteroatoms. The van der Waals surface area contributed by atoms with Gasteiger partial charge in [0.1, 0.15) is 0 Å². The molecule has 2 N–H and O–H groups in total. The van der Waals surface area contributed by atoms with Gasteiger partial charge in [0.25, 0.3) is 0 Å². The predicted molar refractivity (Wildman–Crippen MR) is 69.5 cm³/mol. The van der Waals surface area contributed by atoms with Crippen LogP contribution in [0.15, 0.2) is 30.3 Å². The Hall–Kier alpha value is -1.61. The number of aliphatic hydroxyl groups excluding tert-OH is 1. The number of rotatable bonds is 5. The number of hydrogen-bond acceptors (Lipinski definition) is 2. The second-order valence-corrected chi connectivity index (χ2v) is 4.02. The minimum atomic E-state index is -0.213. The molecule has 1 aromatic carbocycles. The summed E-state index contributed by atoms with van der Waals surface area (Å²) in [5.74, 6) is -0.189. The fourth-order valence-electron chi connectivity index (χ4n) is 1.37. The van der Waals surface area contributed by atoms with E-state index >= 15 is 0 Å². The molecule has 0 aromatic heterocycles. The Morgan fingerprint density at radius 1 is 1.41 bits per heavy atom. The maximum absolute atomic E-state index is 11.4. The smallest absolute Gasteiger partial charge is 0.244 e. The van der Waals surface area contributed by atoms with Crippen molar-refractivity contribution < 1.29 is 9.90 Å². The molecule has 0 bridgehead atoms. The molecule has 0 heterocycles. The summed E-state index contributed by atoms with van der Waals surface area (Å²) in [5.41, 5.74) is 2.27. The fraction of sp³-hybridized carbons (Fsp3) is 0.357. The molecule has 0 saturated heterocycles. The second kappa shape index (κ2) is 6.86. The molecule has 3 nitrogen and oxygen atoms in total. The fourth-order valence-corrected chi connectivity index (χ4v) is 1.37. The van der Waals surface area contributed by atoms with Gasteiger partial charge in [0.15, 0.2) is 0 Å². The molecule has 92 valence electrons. The lowest BCUT2D eigenvalue weighted by Gasteiger charge is -2.07. The van der Waals surface area contributed by atoms with Gasteiger partial charge in [-0.3, -0.25) is 4.79 Å². The Labute approximate surface area is 102 Å². The summed E-state index contributed by atoms with van der Waals surface area (Å²) in [5, 5.41) is 11.4. The highest BCUT2D eigenvalue weighted by molar-refractivity contribution is 5.91. The maximum atomic E-state index is 11.4. The van der Waals surface area contributed by atoms with E-state index in [-0.39, 0.29) is 18.6 Å².